The molecular formula is C21H20ClNO2S. The lowest BCUT2D eigenvalue weighted by Gasteiger charge is -2.08. The SMILES string of the molecule is Cc1ccc(OCc2csc(C(=O)Nc3ccc(C)c(Cl)c3)c2)c(C)c1. The Morgan fingerprint density at radius 2 is 1.88 bits per heavy atom. The fraction of sp³-hybridized carbons (Fsp3) is 0.190. The normalized spacial score (nSPS) is 10.6. The molecule has 0 aliphatic heterocycles. The number of benzene rings is 2. The van der Waals surface area contributed by atoms with Gasteiger partial charge in [0, 0.05) is 16.3 Å². The predicted octanol–water partition coefficient (Wildman–Crippen LogP) is 6.16. The topological polar surface area (TPSA) is 38.3 Å². The molecule has 134 valence electrons. The van der Waals surface area contributed by atoms with E-state index in [1.54, 1.807) is 6.07 Å². The standard InChI is InChI=1S/C21H20ClNO2S/c1-13-4-7-19(15(3)8-13)25-11-16-9-20(26-12-16)21(24)23-17-6-5-14(2)18(22)10-17/h4-10,12H,11H2,1-3H3,(H,23,24). The maximum atomic E-state index is 12.4. The van der Waals surface area contributed by atoms with Gasteiger partial charge in [0.15, 0.2) is 0 Å². The molecule has 0 saturated carbocycles. The highest BCUT2D eigenvalue weighted by molar-refractivity contribution is 7.12. The van der Waals surface area contributed by atoms with Crippen molar-refractivity contribution in [2.75, 3.05) is 5.32 Å². The minimum Gasteiger partial charge on any atom is -0.489 e. The Morgan fingerprint density at radius 3 is 2.62 bits per heavy atom. The van der Waals surface area contributed by atoms with Gasteiger partial charge in [-0.15, -0.1) is 11.3 Å². The van der Waals surface area contributed by atoms with Gasteiger partial charge in [0.2, 0.25) is 0 Å². The fourth-order valence-corrected chi connectivity index (χ4v) is 3.53. The average molecular weight is 386 g/mol. The van der Waals surface area contributed by atoms with Crippen molar-refractivity contribution < 1.29 is 9.53 Å². The van der Waals surface area contributed by atoms with Crippen LogP contribution in [0.2, 0.25) is 5.02 Å². The van der Waals surface area contributed by atoms with Gasteiger partial charge in [0.25, 0.3) is 5.91 Å². The van der Waals surface area contributed by atoms with Gasteiger partial charge < -0.3 is 10.1 Å². The molecule has 0 bridgehead atoms. The second kappa shape index (κ2) is 7.94. The summed E-state index contributed by atoms with van der Waals surface area (Å²) in [6, 6.07) is 13.4. The van der Waals surface area contributed by atoms with Gasteiger partial charge in [-0.25, -0.2) is 0 Å². The number of hydrogen-bond acceptors (Lipinski definition) is 3. The summed E-state index contributed by atoms with van der Waals surface area (Å²) < 4.78 is 5.88. The third-order valence-electron chi connectivity index (χ3n) is 4.03. The number of rotatable bonds is 5. The molecule has 0 unspecified atom stereocenters. The van der Waals surface area contributed by atoms with E-state index in [4.69, 9.17) is 16.3 Å². The van der Waals surface area contributed by atoms with Crippen LogP contribution >= 0.6 is 22.9 Å². The Kier molecular flexibility index (Phi) is 5.64. The highest BCUT2D eigenvalue weighted by Crippen LogP contribution is 2.24. The zero-order valence-electron chi connectivity index (χ0n) is 14.9. The van der Waals surface area contributed by atoms with Gasteiger partial charge >= 0.3 is 0 Å². The molecule has 5 heteroatoms. The number of nitrogens with one attached hydrogen (secondary N) is 1. The molecule has 3 aromatic rings. The summed E-state index contributed by atoms with van der Waals surface area (Å²) in [4.78, 5) is 13.0. The number of carbonyl (C=O) groups is 1. The zero-order chi connectivity index (χ0) is 18.7. The van der Waals surface area contributed by atoms with Gasteiger partial charge in [-0.2, -0.15) is 0 Å². The number of anilines is 1. The van der Waals surface area contributed by atoms with Crippen molar-refractivity contribution in [2.45, 2.75) is 27.4 Å². The monoisotopic (exact) mass is 385 g/mol. The van der Waals surface area contributed by atoms with Crippen LogP contribution in [0.15, 0.2) is 47.8 Å². The van der Waals surface area contributed by atoms with E-state index in [9.17, 15) is 4.79 Å². The molecule has 3 nitrogen and oxygen atoms in total. The van der Waals surface area contributed by atoms with Crippen molar-refractivity contribution in [3.63, 3.8) is 0 Å². The molecule has 0 fully saturated rings. The fourth-order valence-electron chi connectivity index (χ4n) is 2.56. The van der Waals surface area contributed by atoms with Gasteiger partial charge in [-0.05, 0) is 61.5 Å². The van der Waals surface area contributed by atoms with Crippen molar-refractivity contribution >= 4 is 34.5 Å². The lowest BCUT2D eigenvalue weighted by atomic mass is 10.1. The highest BCUT2D eigenvalue weighted by atomic mass is 35.5. The van der Waals surface area contributed by atoms with Crippen LogP contribution in [-0.2, 0) is 6.61 Å². The summed E-state index contributed by atoms with van der Waals surface area (Å²) in [5, 5.41) is 5.46. The summed E-state index contributed by atoms with van der Waals surface area (Å²) >= 11 is 7.51. The Labute approximate surface area is 162 Å². The Hall–Kier alpha value is -2.30. The van der Waals surface area contributed by atoms with Crippen molar-refractivity contribution in [2.24, 2.45) is 0 Å². The Balaban J connectivity index is 1.63. The number of aryl methyl sites for hydroxylation is 3. The summed E-state index contributed by atoms with van der Waals surface area (Å²) in [5.74, 6) is 0.717. The van der Waals surface area contributed by atoms with E-state index < -0.39 is 0 Å². The Bertz CT molecular complexity index is 949. The molecule has 0 atom stereocenters. The zero-order valence-corrected chi connectivity index (χ0v) is 16.5. The molecule has 1 N–H and O–H groups in total. The predicted molar refractivity (Wildman–Crippen MR) is 109 cm³/mol. The van der Waals surface area contributed by atoms with Crippen LogP contribution in [0.4, 0.5) is 5.69 Å². The van der Waals surface area contributed by atoms with Crippen molar-refractivity contribution in [1.82, 2.24) is 0 Å². The van der Waals surface area contributed by atoms with Crippen molar-refractivity contribution in [3.8, 4) is 5.75 Å². The van der Waals surface area contributed by atoms with Crippen LogP contribution in [-0.4, -0.2) is 5.91 Å². The van der Waals surface area contributed by atoms with Crippen LogP contribution in [0.3, 0.4) is 0 Å². The number of halogens is 1. The maximum absolute atomic E-state index is 12.4. The second-order valence-corrected chi connectivity index (χ2v) is 7.61. The molecule has 0 aliphatic carbocycles. The van der Waals surface area contributed by atoms with Gasteiger partial charge in [-0.3, -0.25) is 4.79 Å². The molecule has 0 radical (unpaired) electrons. The number of carbonyl (C=O) groups excluding carboxylic acids is 1. The second-order valence-electron chi connectivity index (χ2n) is 6.29. The first kappa shape index (κ1) is 18.5. The van der Waals surface area contributed by atoms with Crippen LogP contribution < -0.4 is 10.1 Å². The minimum atomic E-state index is -0.146. The van der Waals surface area contributed by atoms with Gasteiger partial charge in [-0.1, -0.05) is 35.4 Å². The molecule has 0 aliphatic rings. The number of thiophene rings is 1. The van der Waals surface area contributed by atoms with E-state index in [0.717, 1.165) is 22.4 Å². The molecule has 2 aromatic carbocycles. The van der Waals surface area contributed by atoms with Crippen molar-refractivity contribution in [3.05, 3.63) is 80.0 Å². The molecular weight excluding hydrogens is 366 g/mol. The Morgan fingerprint density at radius 1 is 1.08 bits per heavy atom. The smallest absolute Gasteiger partial charge is 0.265 e. The van der Waals surface area contributed by atoms with Crippen LogP contribution in [0.25, 0.3) is 0 Å². The third kappa shape index (κ3) is 4.45. The summed E-state index contributed by atoms with van der Waals surface area (Å²) in [7, 11) is 0. The van der Waals surface area contributed by atoms with Gasteiger partial charge in [0.1, 0.15) is 12.4 Å². The molecule has 1 amide bonds. The third-order valence-corrected chi connectivity index (χ3v) is 5.42. The van der Waals surface area contributed by atoms with E-state index in [-0.39, 0.29) is 5.91 Å². The molecule has 3 rings (SSSR count). The number of ether oxygens (including phenoxy) is 1. The van der Waals surface area contributed by atoms with E-state index in [2.05, 4.69) is 18.3 Å². The largest absolute Gasteiger partial charge is 0.489 e. The summed E-state index contributed by atoms with van der Waals surface area (Å²) in [5.41, 5.74) is 4.95. The highest BCUT2D eigenvalue weighted by Gasteiger charge is 2.11. The summed E-state index contributed by atoms with van der Waals surface area (Å²) in [6.45, 7) is 6.45. The first-order valence-electron chi connectivity index (χ1n) is 8.27. The lowest BCUT2D eigenvalue weighted by molar-refractivity contribution is 0.103. The first-order valence-corrected chi connectivity index (χ1v) is 9.53. The van der Waals surface area contributed by atoms with E-state index in [1.165, 1.54) is 16.9 Å². The number of hydrogen-bond donors (Lipinski definition) is 1. The molecule has 0 saturated heterocycles. The lowest BCUT2D eigenvalue weighted by Crippen LogP contribution is -2.10. The summed E-state index contributed by atoms with van der Waals surface area (Å²) in [6.07, 6.45) is 0. The van der Waals surface area contributed by atoms with Crippen molar-refractivity contribution in [1.29, 1.82) is 0 Å². The van der Waals surface area contributed by atoms with Gasteiger partial charge in [0.05, 0.1) is 4.88 Å². The average Bonchev–Trinajstić information content (AvgIpc) is 3.06. The molecule has 1 aromatic heterocycles. The first-order chi connectivity index (χ1) is 12.4. The minimum absolute atomic E-state index is 0.146. The van der Waals surface area contributed by atoms with Crippen LogP contribution in [0.5, 0.6) is 5.75 Å². The van der Waals surface area contributed by atoms with E-state index in [1.807, 2.05) is 49.6 Å². The molecule has 26 heavy (non-hydrogen) atoms. The van der Waals surface area contributed by atoms with E-state index in [0.29, 0.717) is 22.2 Å². The van der Waals surface area contributed by atoms with Crippen LogP contribution in [0, 0.1) is 20.8 Å². The maximum Gasteiger partial charge on any atom is 0.265 e. The van der Waals surface area contributed by atoms with E-state index >= 15 is 0 Å². The van der Waals surface area contributed by atoms with Crippen LogP contribution in [0.1, 0.15) is 31.9 Å². The molecule has 0 spiro atoms. The number of amides is 1. The molecule has 1 heterocycles. The quantitative estimate of drug-likeness (QED) is 0.571.